The monoisotopic (exact) mass is 551 g/mol. The largest absolute Gasteiger partial charge is 0.450 e. The minimum Gasteiger partial charge on any atom is -0.450 e. The van der Waals surface area contributed by atoms with Crippen molar-refractivity contribution in [3.63, 3.8) is 0 Å². The minimum absolute atomic E-state index is 0.311. The van der Waals surface area contributed by atoms with Crippen molar-refractivity contribution in [3.05, 3.63) is 82.0 Å². The Hall–Kier alpha value is -3.30. The summed E-state index contributed by atoms with van der Waals surface area (Å²) >= 11 is 5.88. The molecular weight excluding hydrogens is 521 g/mol. The number of carbonyl (C=O) groups excluding carboxylic acids is 2. The van der Waals surface area contributed by atoms with Crippen LogP contribution in [-0.2, 0) is 17.7 Å². The molecule has 2 amide bonds. The molecule has 1 fully saturated rings. The number of nitrogens with zero attached hydrogens (tertiary/aromatic N) is 1. The van der Waals surface area contributed by atoms with E-state index in [0.29, 0.717) is 42.6 Å². The first-order valence-electron chi connectivity index (χ1n) is 12.8. The normalized spacial score (nSPS) is 15.4. The average molecular weight is 552 g/mol. The maximum absolute atomic E-state index is 13.5. The molecule has 2 aliphatic rings. The van der Waals surface area contributed by atoms with Crippen LogP contribution >= 0.6 is 24.0 Å². The second-order valence-electron chi connectivity index (χ2n) is 9.48. The van der Waals surface area contributed by atoms with Crippen LogP contribution < -0.4 is 10.6 Å². The lowest BCUT2D eigenvalue weighted by Gasteiger charge is -2.28. The third-order valence-electron chi connectivity index (χ3n) is 6.88. The van der Waals surface area contributed by atoms with E-state index in [9.17, 15) is 14.0 Å². The molecule has 1 saturated carbocycles. The molecule has 0 spiro atoms. The fourth-order valence-corrected chi connectivity index (χ4v) is 6.08. The van der Waals surface area contributed by atoms with Crippen molar-refractivity contribution in [2.45, 2.75) is 44.0 Å². The summed E-state index contributed by atoms with van der Waals surface area (Å²) in [5.41, 5.74) is 4.31. The van der Waals surface area contributed by atoms with Crippen molar-refractivity contribution >= 4 is 52.4 Å². The predicted molar refractivity (Wildman–Crippen MR) is 152 cm³/mol. The molecular formula is C29H30FN3O3S2. The number of rotatable bonds is 7. The van der Waals surface area contributed by atoms with Gasteiger partial charge in [-0.25, -0.2) is 9.18 Å². The highest BCUT2D eigenvalue weighted by atomic mass is 32.1. The van der Waals surface area contributed by atoms with Crippen LogP contribution in [0.5, 0.6) is 0 Å². The van der Waals surface area contributed by atoms with Gasteiger partial charge in [-0.3, -0.25) is 4.79 Å². The third-order valence-corrected chi connectivity index (χ3v) is 8.31. The Morgan fingerprint density at radius 3 is 2.53 bits per heavy atom. The number of carbonyl (C=O) groups is 2. The highest BCUT2D eigenvalue weighted by molar-refractivity contribution is 7.80. The summed E-state index contributed by atoms with van der Waals surface area (Å²) < 4.78 is 18.7. The van der Waals surface area contributed by atoms with Crippen LogP contribution in [0.3, 0.4) is 0 Å². The highest BCUT2D eigenvalue weighted by Gasteiger charge is 2.30. The van der Waals surface area contributed by atoms with Gasteiger partial charge in [-0.15, -0.1) is 24.0 Å². The minimum atomic E-state index is -0.393. The summed E-state index contributed by atoms with van der Waals surface area (Å²) in [5.74, 6) is -0.248. The number of allylic oxidation sites excluding steroid dienone is 1. The third kappa shape index (κ3) is 5.89. The molecule has 2 aromatic carbocycles. The van der Waals surface area contributed by atoms with E-state index >= 15 is 0 Å². The van der Waals surface area contributed by atoms with Crippen molar-refractivity contribution in [1.29, 1.82) is 0 Å². The highest BCUT2D eigenvalue weighted by Crippen LogP contribution is 2.43. The molecule has 2 heterocycles. The molecule has 0 atom stereocenters. The van der Waals surface area contributed by atoms with E-state index in [1.54, 1.807) is 11.8 Å². The lowest BCUT2D eigenvalue weighted by Crippen LogP contribution is -2.36. The molecule has 198 valence electrons. The van der Waals surface area contributed by atoms with Crippen LogP contribution in [0, 0.1) is 11.7 Å². The first-order valence-corrected chi connectivity index (χ1v) is 14.1. The number of ether oxygens (including phenoxy) is 1. The number of halogens is 1. The van der Waals surface area contributed by atoms with E-state index in [0.717, 1.165) is 45.1 Å². The molecule has 1 aromatic heterocycles. The van der Waals surface area contributed by atoms with Gasteiger partial charge in [0, 0.05) is 38.8 Å². The Balaban J connectivity index is 1.54. The van der Waals surface area contributed by atoms with Crippen molar-refractivity contribution in [1.82, 2.24) is 4.90 Å². The number of hydrogen-bond donors (Lipinski definition) is 3. The second kappa shape index (κ2) is 11.6. The molecule has 1 aliphatic heterocycles. The van der Waals surface area contributed by atoms with Gasteiger partial charge in [-0.1, -0.05) is 12.5 Å². The fraction of sp³-hybridized carbons (Fsp3) is 0.310. The zero-order chi connectivity index (χ0) is 26.6. The van der Waals surface area contributed by atoms with Crippen molar-refractivity contribution < 1.29 is 18.7 Å². The summed E-state index contributed by atoms with van der Waals surface area (Å²) in [7, 11) is 0. The molecule has 6 nitrogen and oxygen atoms in total. The topological polar surface area (TPSA) is 70.7 Å². The van der Waals surface area contributed by atoms with Gasteiger partial charge in [0.1, 0.15) is 10.8 Å². The van der Waals surface area contributed by atoms with Gasteiger partial charge < -0.3 is 20.3 Å². The zero-order valence-electron chi connectivity index (χ0n) is 21.1. The molecule has 0 radical (unpaired) electrons. The van der Waals surface area contributed by atoms with Gasteiger partial charge in [-0.05, 0) is 86.2 Å². The van der Waals surface area contributed by atoms with Gasteiger partial charge >= 0.3 is 6.09 Å². The molecule has 9 heteroatoms. The Labute approximate surface area is 231 Å². The summed E-state index contributed by atoms with van der Waals surface area (Å²) in [6.07, 6.45) is 6.03. The zero-order valence-corrected chi connectivity index (χ0v) is 22.8. The van der Waals surface area contributed by atoms with Crippen LogP contribution in [0.4, 0.5) is 19.9 Å². The van der Waals surface area contributed by atoms with E-state index in [4.69, 9.17) is 4.74 Å². The summed E-state index contributed by atoms with van der Waals surface area (Å²) in [6, 6.07) is 13.3. The summed E-state index contributed by atoms with van der Waals surface area (Å²) in [5, 5.41) is 7.39. The predicted octanol–water partition coefficient (Wildman–Crippen LogP) is 7.20. The lowest BCUT2D eigenvalue weighted by atomic mass is 9.84. The molecule has 3 aromatic rings. The lowest BCUT2D eigenvalue weighted by molar-refractivity contribution is 0.102. The van der Waals surface area contributed by atoms with Crippen LogP contribution in [0.25, 0.3) is 5.70 Å². The Kier molecular flexibility index (Phi) is 8.04. The Morgan fingerprint density at radius 2 is 1.87 bits per heavy atom. The van der Waals surface area contributed by atoms with E-state index in [1.165, 1.54) is 42.0 Å². The van der Waals surface area contributed by atoms with Gasteiger partial charge in [0.25, 0.3) is 5.91 Å². The number of fused-ring (bicyclic) bond motifs is 1. The van der Waals surface area contributed by atoms with Crippen LogP contribution in [0.1, 0.15) is 52.5 Å². The maximum Gasteiger partial charge on any atom is 0.410 e. The quantitative estimate of drug-likeness (QED) is 0.272. The molecule has 0 saturated heterocycles. The van der Waals surface area contributed by atoms with Crippen molar-refractivity contribution in [2.75, 3.05) is 23.8 Å². The van der Waals surface area contributed by atoms with Gasteiger partial charge in [-0.2, -0.15) is 0 Å². The smallest absolute Gasteiger partial charge is 0.410 e. The van der Waals surface area contributed by atoms with Crippen LogP contribution in [0.2, 0.25) is 0 Å². The average Bonchev–Trinajstić information content (AvgIpc) is 3.24. The Morgan fingerprint density at radius 1 is 1.13 bits per heavy atom. The van der Waals surface area contributed by atoms with E-state index in [-0.39, 0.29) is 12.0 Å². The van der Waals surface area contributed by atoms with Gasteiger partial charge in [0.05, 0.1) is 13.2 Å². The van der Waals surface area contributed by atoms with E-state index < -0.39 is 5.82 Å². The molecule has 0 unspecified atom stereocenters. The molecule has 0 bridgehead atoms. The van der Waals surface area contributed by atoms with Gasteiger partial charge in [0.2, 0.25) is 0 Å². The molecule has 1 aliphatic carbocycles. The van der Waals surface area contributed by atoms with Crippen molar-refractivity contribution in [2.24, 2.45) is 5.92 Å². The number of amides is 2. The molecule has 2 N–H and O–H groups in total. The van der Waals surface area contributed by atoms with Crippen molar-refractivity contribution in [3.8, 4) is 0 Å². The van der Waals surface area contributed by atoms with Crippen LogP contribution in [-0.4, -0.2) is 30.1 Å². The number of thiophene rings is 1. The summed E-state index contributed by atoms with van der Waals surface area (Å²) in [6.45, 7) is 3.07. The first-order chi connectivity index (χ1) is 18.4. The summed E-state index contributed by atoms with van der Waals surface area (Å²) in [4.78, 5) is 29.2. The first kappa shape index (κ1) is 26.3. The van der Waals surface area contributed by atoms with E-state index in [1.807, 2.05) is 24.3 Å². The molecule has 5 rings (SSSR count). The number of thiol groups is 1. The number of nitrogens with one attached hydrogen (secondary N) is 2. The SMILES string of the molecule is CCOC(=O)N1CCc2c(sc(NC(=O)c3ccc(F)cc3)c2/C(=C/C2CCC2)Nc2ccc(S)cc2)C1. The standard InChI is InChI=1S/C29H30FN3O3S2/c1-2-36-29(35)33-15-14-23-25(17-33)38-28(32-27(34)19-6-8-20(30)9-7-19)26(23)24(16-18-4-3-5-18)31-21-10-12-22(37)13-11-21/h6-13,16,18,31,37H,2-5,14-15,17H2,1H3,(H,32,34)/b24-16-. The second-order valence-corrected chi connectivity index (χ2v) is 11.1. The number of benzene rings is 2. The maximum atomic E-state index is 13.5. The number of hydrogen-bond acceptors (Lipinski definition) is 6. The molecule has 38 heavy (non-hydrogen) atoms. The fourth-order valence-electron chi connectivity index (χ4n) is 4.65. The van der Waals surface area contributed by atoms with E-state index in [2.05, 4.69) is 29.3 Å². The number of anilines is 2. The van der Waals surface area contributed by atoms with Gasteiger partial charge in [0.15, 0.2) is 0 Å². The van der Waals surface area contributed by atoms with Crippen LogP contribution in [0.15, 0.2) is 59.5 Å². The Bertz CT molecular complexity index is 1350.